The van der Waals surface area contributed by atoms with Crippen molar-refractivity contribution in [2.24, 2.45) is 0 Å². The zero-order chi connectivity index (χ0) is 31.4. The molecule has 236 valence electrons. The molecule has 1 aromatic heterocycles. The average Bonchev–Trinajstić information content (AvgIpc) is 3.06. The quantitative estimate of drug-likeness (QED) is 0.252. The van der Waals surface area contributed by atoms with Gasteiger partial charge in [-0.25, -0.2) is 8.42 Å². The number of para-hydroxylation sites is 1. The Morgan fingerprint density at radius 2 is 1.69 bits per heavy atom. The zero-order valence-electron chi connectivity index (χ0n) is 25.3. The Morgan fingerprint density at radius 1 is 0.956 bits per heavy atom. The minimum absolute atomic E-state index is 0.0918. The van der Waals surface area contributed by atoms with Crippen LogP contribution in [0.3, 0.4) is 0 Å². The Morgan fingerprint density at radius 3 is 2.42 bits per heavy atom. The van der Waals surface area contributed by atoms with Crippen molar-refractivity contribution in [2.45, 2.75) is 49.6 Å². The molecule has 2 aliphatic rings. The van der Waals surface area contributed by atoms with Crippen molar-refractivity contribution in [3.8, 4) is 17.2 Å². The smallest absolute Gasteiger partial charge is 0.264 e. The molecule has 0 bridgehead atoms. The lowest BCUT2D eigenvalue weighted by Gasteiger charge is -2.35. The van der Waals surface area contributed by atoms with Gasteiger partial charge in [-0.1, -0.05) is 30.7 Å². The third-order valence-corrected chi connectivity index (χ3v) is 9.96. The van der Waals surface area contributed by atoms with Gasteiger partial charge in [-0.05, 0) is 68.1 Å². The van der Waals surface area contributed by atoms with E-state index in [9.17, 15) is 18.3 Å². The van der Waals surface area contributed by atoms with Crippen LogP contribution < -0.4 is 14.2 Å². The Labute approximate surface area is 263 Å². The number of amides is 1. The molecule has 1 aliphatic heterocycles. The van der Waals surface area contributed by atoms with Gasteiger partial charge in [-0.15, -0.1) is 0 Å². The third-order valence-electron chi connectivity index (χ3n) is 8.55. The molecule has 2 fully saturated rings. The van der Waals surface area contributed by atoms with Crippen LogP contribution >= 0.6 is 0 Å². The monoisotopic (exact) mass is 630 g/mol. The lowest BCUT2D eigenvalue weighted by Crippen LogP contribution is -2.48. The minimum atomic E-state index is -3.89. The number of hydrogen-bond donors (Lipinski definition) is 2. The number of phenols is 1. The van der Waals surface area contributed by atoms with E-state index >= 15 is 0 Å². The summed E-state index contributed by atoms with van der Waals surface area (Å²) in [6.45, 7) is 2.87. The van der Waals surface area contributed by atoms with E-state index in [2.05, 4.69) is 14.6 Å². The number of aromatic hydroxyl groups is 1. The second kappa shape index (κ2) is 13.3. The molecule has 0 spiro atoms. The fraction of sp³-hybridized carbons (Fsp3) is 0.353. The molecule has 0 radical (unpaired) electrons. The third kappa shape index (κ3) is 6.84. The van der Waals surface area contributed by atoms with E-state index in [-0.39, 0.29) is 22.7 Å². The van der Waals surface area contributed by atoms with Crippen LogP contribution in [-0.4, -0.2) is 73.6 Å². The van der Waals surface area contributed by atoms with Crippen molar-refractivity contribution in [3.63, 3.8) is 0 Å². The Balaban J connectivity index is 1.05. The predicted octanol–water partition coefficient (Wildman–Crippen LogP) is 5.42. The van der Waals surface area contributed by atoms with Crippen LogP contribution in [0.15, 0.2) is 77.8 Å². The maximum Gasteiger partial charge on any atom is 0.264 e. The first-order valence-corrected chi connectivity index (χ1v) is 16.8. The number of fused-ring (bicyclic) bond motifs is 1. The average molecular weight is 631 g/mol. The number of rotatable bonds is 9. The molecule has 10 nitrogen and oxygen atoms in total. The SMILES string of the molecule is COc1c(OC2CCCCC2)ccc(CN2CCN(C(=O)c3ccc(NS(=O)(=O)c4cccc5cccnc45)cc3)CC2)c1O. The Kier molecular flexibility index (Phi) is 9.09. The molecule has 11 heteroatoms. The predicted molar refractivity (Wildman–Crippen MR) is 172 cm³/mol. The second-order valence-electron chi connectivity index (χ2n) is 11.6. The van der Waals surface area contributed by atoms with Crippen molar-refractivity contribution >= 4 is 32.5 Å². The number of phenolic OH excluding ortho intramolecular Hbond substituents is 1. The molecular weight excluding hydrogens is 592 g/mol. The maximum absolute atomic E-state index is 13.3. The van der Waals surface area contributed by atoms with Crippen molar-refractivity contribution in [1.29, 1.82) is 0 Å². The molecule has 3 aromatic carbocycles. The molecule has 2 heterocycles. The molecule has 1 saturated carbocycles. The number of benzene rings is 3. The highest BCUT2D eigenvalue weighted by Gasteiger charge is 2.25. The summed E-state index contributed by atoms with van der Waals surface area (Å²) in [5.74, 6) is 0.921. The number of hydrogen-bond acceptors (Lipinski definition) is 8. The van der Waals surface area contributed by atoms with Crippen LogP contribution in [-0.2, 0) is 16.6 Å². The van der Waals surface area contributed by atoms with Crippen LogP contribution in [0, 0.1) is 0 Å². The first-order valence-electron chi connectivity index (χ1n) is 15.4. The van der Waals surface area contributed by atoms with Gasteiger partial charge >= 0.3 is 0 Å². The van der Waals surface area contributed by atoms with Crippen molar-refractivity contribution in [3.05, 3.63) is 84.1 Å². The molecule has 0 atom stereocenters. The Hall–Kier alpha value is -4.35. The lowest BCUT2D eigenvalue weighted by molar-refractivity contribution is 0.0627. The molecular formula is C34H38N4O6S. The summed E-state index contributed by atoms with van der Waals surface area (Å²) >= 11 is 0. The van der Waals surface area contributed by atoms with Crippen LogP contribution in [0.4, 0.5) is 5.69 Å². The first kappa shape index (κ1) is 30.7. The molecule has 6 rings (SSSR count). The van der Waals surface area contributed by atoms with E-state index < -0.39 is 10.0 Å². The summed E-state index contributed by atoms with van der Waals surface area (Å²) in [7, 11) is -2.35. The van der Waals surface area contributed by atoms with Gasteiger partial charge in [0.25, 0.3) is 15.9 Å². The first-order chi connectivity index (χ1) is 21.8. The lowest BCUT2D eigenvalue weighted by atomic mass is 9.98. The highest BCUT2D eigenvalue weighted by Crippen LogP contribution is 2.41. The highest BCUT2D eigenvalue weighted by atomic mass is 32.2. The van der Waals surface area contributed by atoms with Crippen LogP contribution in [0.5, 0.6) is 17.2 Å². The fourth-order valence-corrected chi connectivity index (χ4v) is 7.33. The van der Waals surface area contributed by atoms with Crippen molar-refractivity contribution < 1.29 is 27.8 Å². The zero-order valence-corrected chi connectivity index (χ0v) is 26.1. The molecule has 1 amide bonds. The van der Waals surface area contributed by atoms with Gasteiger partial charge in [0.2, 0.25) is 5.75 Å². The summed E-state index contributed by atoms with van der Waals surface area (Å²) in [6, 6.07) is 18.8. The second-order valence-corrected chi connectivity index (χ2v) is 13.2. The number of sulfonamides is 1. The van der Waals surface area contributed by atoms with Crippen molar-refractivity contribution in [2.75, 3.05) is 38.0 Å². The number of nitrogens with one attached hydrogen (secondary N) is 1. The largest absolute Gasteiger partial charge is 0.504 e. The van der Waals surface area contributed by atoms with E-state index in [4.69, 9.17) is 9.47 Å². The molecule has 1 aliphatic carbocycles. The van der Waals surface area contributed by atoms with Crippen molar-refractivity contribution in [1.82, 2.24) is 14.8 Å². The summed E-state index contributed by atoms with van der Waals surface area (Å²) < 4.78 is 40.6. The molecule has 45 heavy (non-hydrogen) atoms. The molecule has 1 saturated heterocycles. The van der Waals surface area contributed by atoms with E-state index in [0.29, 0.717) is 61.0 Å². The number of piperazine rings is 1. The van der Waals surface area contributed by atoms with Crippen LogP contribution in [0.25, 0.3) is 10.9 Å². The number of ether oxygens (including phenoxy) is 2. The van der Waals surface area contributed by atoms with Gasteiger partial charge < -0.3 is 19.5 Å². The van der Waals surface area contributed by atoms with Crippen LogP contribution in [0.2, 0.25) is 0 Å². The van der Waals surface area contributed by atoms with E-state index in [1.54, 1.807) is 54.6 Å². The summed E-state index contributed by atoms with van der Waals surface area (Å²) in [5, 5.41) is 11.7. The van der Waals surface area contributed by atoms with Gasteiger partial charge in [0.15, 0.2) is 11.5 Å². The minimum Gasteiger partial charge on any atom is -0.504 e. The number of aromatic nitrogens is 1. The number of anilines is 1. The number of carbonyl (C=O) groups is 1. The van der Waals surface area contributed by atoms with E-state index in [0.717, 1.165) is 36.6 Å². The number of methoxy groups -OCH3 is 1. The maximum atomic E-state index is 13.3. The normalized spacial score (nSPS) is 16.4. The van der Waals surface area contributed by atoms with E-state index in [1.165, 1.54) is 12.5 Å². The molecule has 4 aromatic rings. The highest BCUT2D eigenvalue weighted by molar-refractivity contribution is 7.93. The summed E-state index contributed by atoms with van der Waals surface area (Å²) in [5.41, 5.74) is 1.98. The van der Waals surface area contributed by atoms with Gasteiger partial charge in [0, 0.05) is 61.1 Å². The summed E-state index contributed by atoms with van der Waals surface area (Å²) in [4.78, 5) is 21.6. The Bertz CT molecular complexity index is 1760. The topological polar surface area (TPSA) is 121 Å². The number of nitrogens with zero attached hydrogens (tertiary/aromatic N) is 3. The number of carbonyl (C=O) groups excluding carboxylic acids is 1. The standard InChI is InChI=1S/C34H38N4O6S/c1-43-33-29(44-28-9-3-2-4-10-28)17-14-26(32(33)39)23-37-19-21-38(22-20-37)34(40)25-12-15-27(16-13-25)36-45(41,42)30-11-5-7-24-8-6-18-35-31(24)30/h5-8,11-18,28,36,39H,2-4,9-10,19-23H2,1H3. The van der Waals surface area contributed by atoms with Gasteiger partial charge in [0.1, 0.15) is 4.90 Å². The van der Waals surface area contributed by atoms with Gasteiger partial charge in [-0.2, -0.15) is 0 Å². The van der Waals surface area contributed by atoms with Crippen LogP contribution in [0.1, 0.15) is 48.0 Å². The molecule has 0 unspecified atom stereocenters. The van der Waals surface area contributed by atoms with E-state index in [1.807, 2.05) is 24.3 Å². The summed E-state index contributed by atoms with van der Waals surface area (Å²) in [6.07, 6.45) is 7.29. The molecule has 2 N–H and O–H groups in total. The number of pyridine rings is 1. The van der Waals surface area contributed by atoms with Gasteiger partial charge in [-0.3, -0.25) is 19.4 Å². The van der Waals surface area contributed by atoms with Gasteiger partial charge in [0.05, 0.1) is 18.7 Å². The fourth-order valence-electron chi connectivity index (χ4n) is 6.09.